The second kappa shape index (κ2) is 6.04. The van der Waals surface area contributed by atoms with Gasteiger partial charge >= 0.3 is 0 Å². The first kappa shape index (κ1) is 15.0. The summed E-state index contributed by atoms with van der Waals surface area (Å²) in [6, 6.07) is 9.56. The maximum absolute atomic E-state index is 12.4. The van der Waals surface area contributed by atoms with Crippen LogP contribution in [0.25, 0.3) is 11.0 Å². The van der Waals surface area contributed by atoms with Crippen molar-refractivity contribution < 1.29 is 14.0 Å². The van der Waals surface area contributed by atoms with Crippen LogP contribution in [0, 0.1) is 0 Å². The first-order chi connectivity index (χ1) is 10.6. The molecule has 0 N–H and O–H groups in total. The quantitative estimate of drug-likeness (QED) is 0.869. The van der Waals surface area contributed by atoms with E-state index >= 15 is 0 Å². The topological polar surface area (TPSA) is 53.8 Å². The Kier molecular flexibility index (Phi) is 4.11. The fraction of sp³-hybridized carbons (Fsp3) is 0.375. The Morgan fingerprint density at radius 2 is 2.23 bits per heavy atom. The molecule has 0 saturated carbocycles. The largest absolute Gasteiger partial charge is 0.459 e. The average molecular weight is 318 g/mol. The molecule has 1 aliphatic heterocycles. The second-order valence-electron chi connectivity index (χ2n) is 5.40. The number of carbonyl (C=O) groups excluding carboxylic acids is 2. The molecule has 1 aromatic carbocycles. The van der Waals surface area contributed by atoms with E-state index in [0.717, 1.165) is 22.5 Å². The Morgan fingerprint density at radius 1 is 1.45 bits per heavy atom. The van der Waals surface area contributed by atoms with Crippen molar-refractivity contribution in [2.24, 2.45) is 0 Å². The summed E-state index contributed by atoms with van der Waals surface area (Å²) in [4.78, 5) is 27.2. The number of carbonyl (C=O) groups is 2. The third-order valence-electron chi connectivity index (χ3n) is 4.00. The van der Waals surface area contributed by atoms with E-state index in [1.165, 1.54) is 11.8 Å². The molecular formula is C16H18N2O3S. The molecule has 2 amide bonds. The summed E-state index contributed by atoms with van der Waals surface area (Å²) in [6.07, 6.45) is 0. The van der Waals surface area contributed by atoms with Crippen molar-refractivity contribution in [3.8, 4) is 0 Å². The molecule has 116 valence electrons. The van der Waals surface area contributed by atoms with E-state index in [2.05, 4.69) is 0 Å². The van der Waals surface area contributed by atoms with Crippen LogP contribution in [0.3, 0.4) is 0 Å². The van der Waals surface area contributed by atoms with Gasteiger partial charge in [-0.3, -0.25) is 9.59 Å². The first-order valence-corrected chi connectivity index (χ1v) is 8.20. The summed E-state index contributed by atoms with van der Waals surface area (Å²) in [5.41, 5.74) is 0.816. The summed E-state index contributed by atoms with van der Waals surface area (Å²) >= 11 is 1.26. The number of para-hydroxylation sites is 1. The Labute approximate surface area is 133 Å². The second-order valence-corrected chi connectivity index (χ2v) is 6.45. The molecule has 2 aromatic rings. The number of furan rings is 1. The highest BCUT2D eigenvalue weighted by Crippen LogP contribution is 2.27. The van der Waals surface area contributed by atoms with Crippen LogP contribution in [-0.4, -0.2) is 46.8 Å². The van der Waals surface area contributed by atoms with Crippen molar-refractivity contribution in [1.29, 1.82) is 0 Å². The summed E-state index contributed by atoms with van der Waals surface area (Å²) < 4.78 is 5.81. The average Bonchev–Trinajstić information content (AvgIpc) is 3.12. The standard InChI is InChI=1S/C16H18N2O3S/c1-11(14-9-12-5-3-4-6-13(12)21-14)17(2)15(19)10-18-7-8-22-16(18)20/h3-6,9,11H,7-8,10H2,1-2H3. The number of benzene rings is 1. The Hall–Kier alpha value is -1.95. The van der Waals surface area contributed by atoms with Crippen molar-refractivity contribution in [3.63, 3.8) is 0 Å². The molecule has 0 radical (unpaired) electrons. The van der Waals surface area contributed by atoms with E-state index in [4.69, 9.17) is 4.42 Å². The molecular weight excluding hydrogens is 300 g/mol. The zero-order valence-electron chi connectivity index (χ0n) is 12.6. The lowest BCUT2D eigenvalue weighted by Crippen LogP contribution is -2.39. The van der Waals surface area contributed by atoms with Crippen LogP contribution in [0.2, 0.25) is 0 Å². The maximum atomic E-state index is 12.4. The monoisotopic (exact) mass is 318 g/mol. The van der Waals surface area contributed by atoms with E-state index in [9.17, 15) is 9.59 Å². The minimum Gasteiger partial charge on any atom is -0.459 e. The molecule has 22 heavy (non-hydrogen) atoms. The van der Waals surface area contributed by atoms with Crippen molar-refractivity contribution >= 4 is 33.9 Å². The molecule has 2 heterocycles. The van der Waals surface area contributed by atoms with Gasteiger partial charge in [-0.1, -0.05) is 30.0 Å². The Balaban J connectivity index is 1.71. The van der Waals surface area contributed by atoms with E-state index < -0.39 is 0 Å². The number of hydrogen-bond acceptors (Lipinski definition) is 4. The molecule has 1 fully saturated rings. The summed E-state index contributed by atoms with van der Waals surface area (Å²) in [5, 5.41) is 1.01. The lowest BCUT2D eigenvalue weighted by Gasteiger charge is -2.25. The molecule has 1 atom stereocenters. The molecule has 0 spiro atoms. The predicted molar refractivity (Wildman–Crippen MR) is 86.8 cm³/mol. The fourth-order valence-electron chi connectivity index (χ4n) is 2.46. The van der Waals surface area contributed by atoms with Gasteiger partial charge in [-0.15, -0.1) is 0 Å². The van der Waals surface area contributed by atoms with Gasteiger partial charge in [0.15, 0.2) is 0 Å². The minimum atomic E-state index is -0.176. The van der Waals surface area contributed by atoms with E-state index in [-0.39, 0.29) is 23.7 Å². The van der Waals surface area contributed by atoms with Crippen molar-refractivity contribution in [1.82, 2.24) is 9.80 Å². The van der Waals surface area contributed by atoms with Gasteiger partial charge in [-0.2, -0.15) is 0 Å². The van der Waals surface area contributed by atoms with Gasteiger partial charge in [0.2, 0.25) is 5.91 Å². The smallest absolute Gasteiger partial charge is 0.282 e. The fourth-order valence-corrected chi connectivity index (χ4v) is 3.28. The van der Waals surface area contributed by atoms with Gasteiger partial charge in [0, 0.05) is 24.7 Å². The van der Waals surface area contributed by atoms with Crippen LogP contribution in [0.1, 0.15) is 18.7 Å². The van der Waals surface area contributed by atoms with Gasteiger partial charge in [-0.25, -0.2) is 0 Å². The number of likely N-dealkylation sites (N-methyl/N-ethyl adjacent to an activating group) is 1. The first-order valence-electron chi connectivity index (χ1n) is 7.22. The third-order valence-corrected chi connectivity index (χ3v) is 4.89. The van der Waals surface area contributed by atoms with Crippen molar-refractivity contribution in [2.75, 3.05) is 25.9 Å². The Morgan fingerprint density at radius 3 is 2.91 bits per heavy atom. The lowest BCUT2D eigenvalue weighted by molar-refractivity contribution is -0.132. The highest BCUT2D eigenvalue weighted by Gasteiger charge is 2.27. The van der Waals surface area contributed by atoms with Gasteiger partial charge in [0.1, 0.15) is 17.9 Å². The van der Waals surface area contributed by atoms with E-state index in [0.29, 0.717) is 6.54 Å². The lowest BCUT2D eigenvalue weighted by atomic mass is 10.2. The number of hydrogen-bond donors (Lipinski definition) is 0. The van der Waals surface area contributed by atoms with Crippen LogP contribution >= 0.6 is 11.8 Å². The highest BCUT2D eigenvalue weighted by molar-refractivity contribution is 8.13. The molecule has 3 rings (SSSR count). The molecule has 0 bridgehead atoms. The van der Waals surface area contributed by atoms with Gasteiger partial charge < -0.3 is 14.2 Å². The third kappa shape index (κ3) is 2.83. The van der Waals surface area contributed by atoms with Gasteiger partial charge in [0.25, 0.3) is 5.24 Å². The zero-order valence-corrected chi connectivity index (χ0v) is 13.4. The number of rotatable bonds is 4. The number of fused-ring (bicyclic) bond motifs is 1. The van der Waals surface area contributed by atoms with Crippen LogP contribution in [0.5, 0.6) is 0 Å². The molecule has 1 aromatic heterocycles. The molecule has 1 aliphatic rings. The SMILES string of the molecule is CC(c1cc2ccccc2o1)N(C)C(=O)CN1CCSC1=O. The Bertz CT molecular complexity index is 679. The summed E-state index contributed by atoms with van der Waals surface area (Å²) in [7, 11) is 1.74. The molecule has 1 unspecified atom stereocenters. The molecule has 5 nitrogen and oxygen atoms in total. The van der Waals surface area contributed by atoms with Gasteiger partial charge in [-0.05, 0) is 19.1 Å². The zero-order chi connectivity index (χ0) is 15.7. The van der Waals surface area contributed by atoms with Crippen molar-refractivity contribution in [2.45, 2.75) is 13.0 Å². The normalized spacial score (nSPS) is 16.3. The predicted octanol–water partition coefficient (Wildman–Crippen LogP) is 3.12. The minimum absolute atomic E-state index is 0.0156. The molecule has 1 saturated heterocycles. The number of amides is 2. The van der Waals surface area contributed by atoms with E-state index in [1.54, 1.807) is 16.8 Å². The van der Waals surface area contributed by atoms with Crippen LogP contribution in [0.4, 0.5) is 4.79 Å². The molecule has 6 heteroatoms. The maximum Gasteiger partial charge on any atom is 0.282 e. The molecule has 0 aliphatic carbocycles. The van der Waals surface area contributed by atoms with Crippen molar-refractivity contribution in [3.05, 3.63) is 36.1 Å². The summed E-state index contributed by atoms with van der Waals surface area (Å²) in [6.45, 7) is 2.70. The number of thioether (sulfide) groups is 1. The number of nitrogens with zero attached hydrogens (tertiary/aromatic N) is 2. The highest BCUT2D eigenvalue weighted by atomic mass is 32.2. The summed E-state index contributed by atoms with van der Waals surface area (Å²) in [5.74, 6) is 1.43. The van der Waals surface area contributed by atoms with E-state index in [1.807, 2.05) is 37.3 Å². The van der Waals surface area contributed by atoms with Crippen LogP contribution < -0.4 is 0 Å². The van der Waals surface area contributed by atoms with Crippen LogP contribution in [-0.2, 0) is 4.79 Å². The van der Waals surface area contributed by atoms with Gasteiger partial charge in [0.05, 0.1) is 6.04 Å². The van der Waals surface area contributed by atoms with Crippen LogP contribution in [0.15, 0.2) is 34.7 Å².